The molecule has 8 rings (SSSR count). The van der Waals surface area contributed by atoms with Crippen LogP contribution in [0.4, 0.5) is 39.8 Å². The number of nitrogens with zero attached hydrogens (tertiary/aromatic N) is 9. The summed E-state index contributed by atoms with van der Waals surface area (Å²) in [6, 6.07) is 38.9. The number of halogens is 2. The van der Waals surface area contributed by atoms with Crippen LogP contribution < -0.4 is 10.9 Å². The van der Waals surface area contributed by atoms with Crippen molar-refractivity contribution < 1.29 is 29.7 Å². The fourth-order valence-electron chi connectivity index (χ4n) is 7.00. The van der Waals surface area contributed by atoms with Crippen LogP contribution in [0, 0.1) is 20.2 Å². The summed E-state index contributed by atoms with van der Waals surface area (Å²) in [5.41, 5.74) is 2.57. The minimum Gasteiger partial charge on any atom is -0.505 e. The van der Waals surface area contributed by atoms with E-state index in [1.54, 1.807) is 109 Å². The van der Waals surface area contributed by atoms with Crippen molar-refractivity contribution in [1.29, 1.82) is 0 Å². The van der Waals surface area contributed by atoms with Crippen LogP contribution in [-0.4, -0.2) is 38.9 Å². The fourth-order valence-corrected chi connectivity index (χ4v) is 7.44. The summed E-state index contributed by atoms with van der Waals surface area (Å²) < 4.78 is 0. The molecular weight excluding hydrogens is 915 g/mol. The number of fused-ring (bicyclic) bond motifs is 2. The van der Waals surface area contributed by atoms with Crippen LogP contribution in [0.1, 0.15) is 22.9 Å². The first-order chi connectivity index (χ1) is 32.9. The lowest BCUT2D eigenvalue weighted by atomic mass is 10.0. The number of carbonyl (C=O) groups is 1. The van der Waals surface area contributed by atoms with Crippen molar-refractivity contribution in [2.45, 2.75) is 6.23 Å². The second-order valence-electron chi connectivity index (χ2n) is 14.6. The molecule has 1 amide bonds. The largest absolute Gasteiger partial charge is 0.505 e. The summed E-state index contributed by atoms with van der Waals surface area (Å²) in [5.74, 6) is 4.90. The van der Waals surface area contributed by atoms with E-state index in [-0.39, 0.29) is 61.2 Å². The van der Waals surface area contributed by atoms with Gasteiger partial charge in [0.15, 0.2) is 17.7 Å². The first kappa shape index (κ1) is 45.7. The summed E-state index contributed by atoms with van der Waals surface area (Å²) in [6.07, 6.45) is 1.74. The number of aliphatic imine (C=N–C) groups is 1. The summed E-state index contributed by atoms with van der Waals surface area (Å²) in [7, 11) is 0. The van der Waals surface area contributed by atoms with E-state index >= 15 is 0 Å². The maximum absolute atomic E-state index is 12.2. The van der Waals surface area contributed by atoms with Gasteiger partial charge in [0.05, 0.1) is 26.1 Å². The first-order valence-electron chi connectivity index (χ1n) is 20.0. The summed E-state index contributed by atoms with van der Waals surface area (Å²) in [5, 5.41) is 70.7. The van der Waals surface area contributed by atoms with Crippen LogP contribution in [-0.2, 0) is 9.63 Å². The fraction of sp³-hybridized carbons (Fsp3) is 0.0208. The summed E-state index contributed by atoms with van der Waals surface area (Å²) >= 11 is 13.5. The Hall–Kier alpha value is -8.81. The number of aromatic hydroxyl groups is 2. The van der Waals surface area contributed by atoms with Gasteiger partial charge in [0.1, 0.15) is 28.4 Å². The second-order valence-corrected chi connectivity index (χ2v) is 15.4. The van der Waals surface area contributed by atoms with Crippen LogP contribution in [0.3, 0.4) is 0 Å². The highest BCUT2D eigenvalue weighted by Gasteiger charge is 2.22. The zero-order chi connectivity index (χ0) is 47.9. The van der Waals surface area contributed by atoms with Gasteiger partial charge in [0.2, 0.25) is 6.41 Å². The van der Waals surface area contributed by atoms with E-state index in [9.17, 15) is 35.2 Å². The number of hydrogen-bond acceptors (Lipinski definition) is 15. The van der Waals surface area contributed by atoms with E-state index in [2.05, 4.69) is 30.6 Å². The molecule has 0 radical (unpaired) electrons. The number of hydrogen-bond donors (Lipinski definition) is 3. The van der Waals surface area contributed by atoms with E-state index in [1.165, 1.54) is 48.8 Å². The Morgan fingerprint density at radius 2 is 1.13 bits per heavy atom. The Balaban J connectivity index is 1.04. The molecule has 1 atom stereocenters. The Bertz CT molecular complexity index is 3420. The van der Waals surface area contributed by atoms with E-state index in [0.29, 0.717) is 50.2 Å². The highest BCUT2D eigenvalue weighted by Crippen LogP contribution is 2.46. The van der Waals surface area contributed by atoms with Crippen LogP contribution in [0.15, 0.2) is 176 Å². The molecule has 0 aliphatic heterocycles. The predicted octanol–water partition coefficient (Wildman–Crippen LogP) is 13.0. The van der Waals surface area contributed by atoms with Crippen LogP contribution in [0.5, 0.6) is 11.5 Å². The van der Waals surface area contributed by atoms with Crippen LogP contribution >= 0.6 is 23.2 Å². The van der Waals surface area contributed by atoms with E-state index < -0.39 is 21.8 Å². The van der Waals surface area contributed by atoms with Crippen molar-refractivity contribution in [3.8, 4) is 22.6 Å². The number of non-ortho nitro benzene ring substituents is 2. The molecule has 0 spiro atoms. The minimum absolute atomic E-state index is 0.0218. The molecule has 0 fully saturated rings. The summed E-state index contributed by atoms with van der Waals surface area (Å²) in [4.78, 5) is 43.1. The maximum atomic E-state index is 12.2. The molecular formula is C48H32Cl2N10O8. The van der Waals surface area contributed by atoms with E-state index in [1.807, 2.05) is 0 Å². The number of amides is 1. The molecule has 0 aromatic heterocycles. The van der Waals surface area contributed by atoms with Crippen LogP contribution in [0.2, 0.25) is 10.0 Å². The maximum Gasteiger partial charge on any atom is 0.270 e. The number of phenolic OH excluding ortho intramolecular Hbond substituents is 2. The molecule has 8 aromatic rings. The third-order valence-corrected chi connectivity index (χ3v) is 10.9. The zero-order valence-corrected chi connectivity index (χ0v) is 36.4. The molecule has 68 heavy (non-hydrogen) atoms. The number of rotatable bonds is 15. The second kappa shape index (κ2) is 20.1. The molecule has 18 nitrogen and oxygen atoms in total. The monoisotopic (exact) mass is 946 g/mol. The normalized spacial score (nSPS) is 12.2. The van der Waals surface area contributed by atoms with Gasteiger partial charge in [-0.15, -0.1) is 20.5 Å². The summed E-state index contributed by atoms with van der Waals surface area (Å²) in [6.45, 7) is 0. The van der Waals surface area contributed by atoms with Gasteiger partial charge in [0.25, 0.3) is 11.4 Å². The Kier molecular flexibility index (Phi) is 13.6. The third kappa shape index (κ3) is 9.88. The quantitative estimate of drug-likeness (QED) is 0.0290. The molecule has 20 heteroatoms. The van der Waals surface area contributed by atoms with Gasteiger partial charge in [-0.1, -0.05) is 108 Å². The smallest absolute Gasteiger partial charge is 0.270 e. The number of nitro benzene ring substituents is 2. The van der Waals surface area contributed by atoms with Gasteiger partial charge in [-0.2, -0.15) is 10.1 Å². The Morgan fingerprint density at radius 3 is 1.65 bits per heavy atom. The first-order valence-corrected chi connectivity index (χ1v) is 20.8. The average Bonchev–Trinajstić information content (AvgIpc) is 3.35. The van der Waals surface area contributed by atoms with Gasteiger partial charge in [0, 0.05) is 52.4 Å². The molecule has 0 bridgehead atoms. The van der Waals surface area contributed by atoms with Gasteiger partial charge >= 0.3 is 0 Å². The number of azo groups is 2. The zero-order valence-electron chi connectivity index (χ0n) is 34.9. The standard InChI is InChI=1S/C48H32Cl2N10O8/c49-39-22-30(15-17-41(39)54-56-44-36-13-3-1-9-32(36)21-38(46(44)62)48(68-51)52-25-28-7-5-11-34(19-28)59(64)65)31-16-18-42(40(50)23-31)55-57-45-37-14-4-2-10-33(37)24-43(47(45)63)58(27-61)53-26-29-8-6-12-35(20-29)60(66)67/h1-27,48,62-63H,51H2. The lowest BCUT2D eigenvalue weighted by Crippen LogP contribution is -2.14. The van der Waals surface area contributed by atoms with Gasteiger partial charge in [-0.3, -0.25) is 34.9 Å². The SMILES string of the molecule is NOC(N=Cc1cccc([N+](=O)[O-])c1)c1cc2ccccc2c(N=Nc2ccc(-c3ccc(N=Nc4c(O)c(N(C=O)N=Cc5cccc([N+](=O)[O-])c5)cc5ccccc45)c(Cl)c3)cc2Cl)c1O. The van der Waals surface area contributed by atoms with Gasteiger partial charge in [-0.05, 0) is 63.9 Å². The molecule has 0 saturated carbocycles. The molecule has 0 aliphatic rings. The number of hydrazone groups is 1. The van der Waals surface area contributed by atoms with Crippen molar-refractivity contribution in [2.24, 2.45) is 36.4 Å². The average molecular weight is 948 g/mol. The van der Waals surface area contributed by atoms with Crippen molar-refractivity contribution in [1.82, 2.24) is 0 Å². The lowest BCUT2D eigenvalue weighted by molar-refractivity contribution is -0.385. The highest BCUT2D eigenvalue weighted by atomic mass is 35.5. The van der Waals surface area contributed by atoms with Gasteiger partial charge in [-0.25, -0.2) is 5.90 Å². The molecule has 336 valence electrons. The predicted molar refractivity (Wildman–Crippen MR) is 259 cm³/mol. The minimum atomic E-state index is -1.23. The van der Waals surface area contributed by atoms with E-state index in [4.69, 9.17) is 33.9 Å². The third-order valence-electron chi connectivity index (χ3n) is 10.3. The molecule has 0 aliphatic carbocycles. The lowest BCUT2D eigenvalue weighted by Gasteiger charge is -2.16. The topological polar surface area (TPSA) is 256 Å². The number of anilines is 1. The molecule has 8 aromatic carbocycles. The number of nitrogens with two attached hydrogens (primary N) is 1. The van der Waals surface area contributed by atoms with Crippen molar-refractivity contribution in [3.05, 3.63) is 193 Å². The Morgan fingerprint density at radius 1 is 0.618 bits per heavy atom. The van der Waals surface area contributed by atoms with Crippen LogP contribution in [0.25, 0.3) is 32.7 Å². The number of carbonyl (C=O) groups excluding carboxylic acids is 1. The van der Waals surface area contributed by atoms with Gasteiger partial charge < -0.3 is 10.2 Å². The van der Waals surface area contributed by atoms with Crippen molar-refractivity contribution >= 4 is 103 Å². The molecule has 0 saturated heterocycles. The molecule has 0 heterocycles. The molecule has 4 N–H and O–H groups in total. The number of benzene rings is 8. The van der Waals surface area contributed by atoms with Crippen molar-refractivity contribution in [3.63, 3.8) is 0 Å². The number of nitro groups is 2. The van der Waals surface area contributed by atoms with Crippen molar-refractivity contribution in [2.75, 3.05) is 5.01 Å². The highest BCUT2D eigenvalue weighted by molar-refractivity contribution is 6.34. The van der Waals surface area contributed by atoms with E-state index in [0.717, 1.165) is 5.01 Å². The Labute approximate surface area is 394 Å². The number of phenols is 2. The molecule has 1 unspecified atom stereocenters.